The van der Waals surface area contributed by atoms with Crippen molar-refractivity contribution in [3.05, 3.63) is 0 Å². The van der Waals surface area contributed by atoms with E-state index in [0.29, 0.717) is 13.1 Å². The number of carbonyl (C=O) groups excluding carboxylic acids is 6. The molecule has 0 aromatic carbocycles. The summed E-state index contributed by atoms with van der Waals surface area (Å²) in [5, 5.41) is 37.0. The van der Waals surface area contributed by atoms with Gasteiger partial charge in [-0.2, -0.15) is 0 Å². The van der Waals surface area contributed by atoms with Gasteiger partial charge in [0.15, 0.2) is 6.61 Å². The van der Waals surface area contributed by atoms with Gasteiger partial charge in [0, 0.05) is 85.1 Å². The average Bonchev–Trinajstić information content (AvgIpc) is 3.34. The fraction of sp³-hybridized carbons (Fsp3) is 0.893. The average molecular weight is 1180 g/mol. The maximum Gasteiger partial charge on any atom is 3.00 e. The van der Waals surface area contributed by atoms with Crippen molar-refractivity contribution in [2.75, 3.05) is 105 Å². The van der Waals surface area contributed by atoms with Crippen LogP contribution in [-0.4, -0.2) is 165 Å². The molecule has 1 aliphatic heterocycles. The van der Waals surface area contributed by atoms with Crippen LogP contribution in [0.2, 0.25) is 0 Å². The second-order valence-electron chi connectivity index (χ2n) is 20.6. The van der Waals surface area contributed by atoms with Crippen LogP contribution in [0, 0.1) is 39.9 Å². The minimum Gasteiger partial charge on any atom is -0.549 e. The Hall–Kier alpha value is -2.02. The first-order chi connectivity index (χ1) is 34.9. The number of amides is 2. The van der Waals surface area contributed by atoms with Crippen molar-refractivity contribution < 1.29 is 88.8 Å². The normalized spacial score (nSPS) is 14.4. The molecule has 73 heavy (non-hydrogen) atoms. The van der Waals surface area contributed by atoms with E-state index >= 15 is 0 Å². The van der Waals surface area contributed by atoms with Crippen LogP contribution in [0.15, 0.2) is 0 Å². The predicted molar refractivity (Wildman–Crippen MR) is 280 cm³/mol. The summed E-state index contributed by atoms with van der Waals surface area (Å²) in [4.78, 5) is 82.1. The van der Waals surface area contributed by atoms with Crippen LogP contribution in [0.4, 0.5) is 0 Å². The summed E-state index contributed by atoms with van der Waals surface area (Å²) in [6.07, 6.45) is 40.8. The van der Waals surface area contributed by atoms with Crippen LogP contribution in [-0.2, 0) is 33.5 Å². The molecular weight excluding hydrogens is 1070 g/mol. The van der Waals surface area contributed by atoms with Crippen LogP contribution >= 0.6 is 0 Å². The molecule has 0 atom stereocenters. The molecule has 0 spiro atoms. The van der Waals surface area contributed by atoms with Crippen LogP contribution in [0.25, 0.3) is 0 Å². The van der Waals surface area contributed by atoms with Gasteiger partial charge in [-0.25, -0.2) is 0 Å². The van der Waals surface area contributed by atoms with Crippen LogP contribution < -0.4 is 20.6 Å². The molecule has 0 bridgehead atoms. The van der Waals surface area contributed by atoms with E-state index in [2.05, 4.69) is 19.2 Å². The second kappa shape index (κ2) is 50.8. The van der Waals surface area contributed by atoms with E-state index in [1.54, 1.807) is 19.6 Å². The molecule has 0 unspecified atom stereocenters. The van der Waals surface area contributed by atoms with Crippen LogP contribution in [0.5, 0.6) is 0 Å². The van der Waals surface area contributed by atoms with Crippen molar-refractivity contribution in [1.29, 1.82) is 0 Å². The number of aliphatic carboxylic acids is 3. The molecule has 1 saturated heterocycles. The Balaban J connectivity index is 0.0000518. The van der Waals surface area contributed by atoms with E-state index < -0.39 is 62.6 Å². The largest absolute Gasteiger partial charge is 3.00 e. The summed E-state index contributed by atoms with van der Waals surface area (Å²) in [7, 11) is 0. The summed E-state index contributed by atoms with van der Waals surface area (Å²) in [5.41, 5.74) is 0. The van der Waals surface area contributed by atoms with Gasteiger partial charge in [-0.15, -0.1) is 0 Å². The molecular formula is C56H103GdN6O10. The minimum absolute atomic E-state index is 0. The minimum atomic E-state index is -1.31. The third kappa shape index (κ3) is 45.9. The molecule has 17 heteroatoms. The number of esters is 1. The van der Waals surface area contributed by atoms with Crippen molar-refractivity contribution in [2.45, 2.75) is 219 Å². The fourth-order valence-corrected chi connectivity index (χ4v) is 9.54. The van der Waals surface area contributed by atoms with Gasteiger partial charge in [-0.1, -0.05) is 206 Å². The molecule has 0 aromatic rings. The maximum absolute atomic E-state index is 13.5. The number of nitrogens with one attached hydrogen (secondary N) is 1. The number of hydrogen-bond acceptors (Lipinski definition) is 14. The van der Waals surface area contributed by atoms with Gasteiger partial charge in [0.05, 0.1) is 24.5 Å². The Morgan fingerprint density at radius 1 is 0.397 bits per heavy atom. The zero-order valence-corrected chi connectivity index (χ0v) is 48.4. The first-order valence-corrected chi connectivity index (χ1v) is 29.1. The van der Waals surface area contributed by atoms with Crippen LogP contribution in [0.1, 0.15) is 219 Å². The molecule has 1 heterocycles. The molecule has 425 valence electrons. The Morgan fingerprint density at radius 3 is 0.904 bits per heavy atom. The van der Waals surface area contributed by atoms with Crippen molar-refractivity contribution in [3.8, 4) is 0 Å². The van der Waals surface area contributed by atoms with Gasteiger partial charge in [-0.3, -0.25) is 34.0 Å². The predicted octanol–water partition coefficient (Wildman–Crippen LogP) is 5.47. The van der Waals surface area contributed by atoms with E-state index in [1.165, 1.54) is 167 Å². The van der Waals surface area contributed by atoms with E-state index in [-0.39, 0.29) is 105 Å². The molecule has 1 N–H and O–H groups in total. The van der Waals surface area contributed by atoms with Gasteiger partial charge in [0.25, 0.3) is 5.91 Å². The summed E-state index contributed by atoms with van der Waals surface area (Å²) >= 11 is 0. The quantitative estimate of drug-likeness (QED) is 0.0593. The zero-order chi connectivity index (χ0) is 52.7. The fourth-order valence-electron chi connectivity index (χ4n) is 9.54. The van der Waals surface area contributed by atoms with Crippen molar-refractivity contribution in [1.82, 2.24) is 29.8 Å². The van der Waals surface area contributed by atoms with E-state index in [4.69, 9.17) is 4.74 Å². The van der Waals surface area contributed by atoms with Gasteiger partial charge < -0.3 is 44.7 Å². The first-order valence-electron chi connectivity index (χ1n) is 29.1. The molecule has 1 aliphatic rings. The van der Waals surface area contributed by atoms with Gasteiger partial charge in [-0.05, 0) is 12.8 Å². The molecule has 16 nitrogen and oxygen atoms in total. The van der Waals surface area contributed by atoms with Crippen molar-refractivity contribution >= 4 is 35.7 Å². The van der Waals surface area contributed by atoms with Crippen LogP contribution in [0.3, 0.4) is 0 Å². The SMILES string of the molecule is CCCCCCCCCCCCCCCCCCN(CCCCCCCCCCCCCCCCCC)C(=O)COC(=O)CNC(=O)CN1CCN(CC(=O)[O-])CCN(CC(=O)[O-])CCN(CC(=O)[O-])CC1.[Gd+3]. The van der Waals surface area contributed by atoms with Crippen molar-refractivity contribution in [3.63, 3.8) is 0 Å². The number of hydrogen-bond donors (Lipinski definition) is 1. The molecule has 0 aromatic heterocycles. The topological polar surface area (TPSA) is 209 Å². The molecule has 1 fully saturated rings. The zero-order valence-electron chi connectivity index (χ0n) is 46.1. The molecule has 1 rings (SSSR count). The number of carbonyl (C=O) groups is 6. The van der Waals surface area contributed by atoms with Gasteiger partial charge >= 0.3 is 45.9 Å². The first kappa shape index (κ1) is 71.0. The second-order valence-corrected chi connectivity index (χ2v) is 20.6. The van der Waals surface area contributed by atoms with E-state index in [1.807, 2.05) is 4.90 Å². The number of carboxylic acids is 3. The maximum atomic E-state index is 13.5. The summed E-state index contributed by atoms with van der Waals surface area (Å²) < 4.78 is 5.38. The monoisotopic (exact) mass is 1180 g/mol. The number of rotatable bonds is 46. The Kier molecular flexibility index (Phi) is 49.4. The van der Waals surface area contributed by atoms with Crippen molar-refractivity contribution in [2.24, 2.45) is 0 Å². The Morgan fingerprint density at radius 2 is 0.644 bits per heavy atom. The number of nitrogens with zero attached hydrogens (tertiary/aromatic N) is 5. The standard InChI is InChI=1S/C56H106N6O10.Gd/c1-3-5-7-9-11-13-15-17-19-21-23-25-27-29-31-33-35-62(36-34-32-30-28-26-24-22-20-18-16-14-12-10-8-6-4-2)52(64)50-72-56(71)45-57-51(63)46-58-37-39-59(47-53(65)66)41-43-61(49-55(69)70)44-42-60(40-38-58)48-54(67)68;/h3-50H2,1-2H3,(H,57,63)(H,65,66)(H,67,68)(H,69,70);/q;+3/p-3. The number of ether oxygens (including phenoxy) is 1. The molecule has 2 amide bonds. The third-order valence-corrected chi connectivity index (χ3v) is 14.1. The van der Waals surface area contributed by atoms with E-state index in [9.17, 15) is 44.1 Å². The molecule has 0 aliphatic carbocycles. The molecule has 1 radical (unpaired) electrons. The van der Waals surface area contributed by atoms with E-state index in [0.717, 1.165) is 38.5 Å². The summed E-state index contributed by atoms with van der Waals surface area (Å²) in [6.45, 7) is 5.09. The smallest absolute Gasteiger partial charge is 0.549 e. The summed E-state index contributed by atoms with van der Waals surface area (Å²) in [5.74, 6) is -5.40. The Labute approximate surface area is 475 Å². The Bertz CT molecular complexity index is 1330. The van der Waals surface area contributed by atoms with Gasteiger partial charge in [0.2, 0.25) is 5.91 Å². The third-order valence-electron chi connectivity index (χ3n) is 14.1. The number of carboxylic acid groups (broad SMARTS) is 3. The number of unbranched alkanes of at least 4 members (excludes halogenated alkanes) is 30. The molecule has 0 saturated carbocycles. The van der Waals surface area contributed by atoms with Gasteiger partial charge in [0.1, 0.15) is 6.54 Å². The summed E-state index contributed by atoms with van der Waals surface area (Å²) in [6, 6.07) is 0.